The molecule has 5 amide bonds. The summed E-state index contributed by atoms with van der Waals surface area (Å²) in [5.74, 6) is -3.40. The summed E-state index contributed by atoms with van der Waals surface area (Å²) >= 11 is 0. The molecule has 9 nitrogen and oxygen atoms in total. The van der Waals surface area contributed by atoms with Crippen LogP contribution in [-0.4, -0.2) is 47.8 Å². The monoisotopic (exact) mass is 413 g/mol. The topological polar surface area (TPSA) is 122 Å². The molecule has 1 heterocycles. The predicted octanol–water partition coefficient (Wildman–Crippen LogP) is 1.45. The van der Waals surface area contributed by atoms with Crippen LogP contribution in [0.25, 0.3) is 0 Å². The maximum absolute atomic E-state index is 12.3. The molecule has 2 atom stereocenters. The molecule has 0 bridgehead atoms. The number of fused-ring (bicyclic) bond motifs is 1. The van der Waals surface area contributed by atoms with E-state index in [-0.39, 0.29) is 0 Å². The fraction of sp³-hybridized carbons (Fsp3) is 0.381. The van der Waals surface area contributed by atoms with Crippen molar-refractivity contribution in [3.05, 3.63) is 41.5 Å². The number of likely N-dealkylation sites (tertiary alicyclic amines) is 1. The summed E-state index contributed by atoms with van der Waals surface area (Å²) in [6.45, 7) is 2.48. The second-order valence-electron chi connectivity index (χ2n) is 7.40. The van der Waals surface area contributed by atoms with Gasteiger partial charge in [0.05, 0.1) is 11.8 Å². The standard InChI is InChI=1S/C21H23N3O6/c1-12-7-8-16(13(2)9-12)22-21(29)23-17(25)11-30-18(26)10-24-19(27)14-5-3-4-6-15(14)20(24)28/h3-4,7-9,14-15H,5-6,10-11H2,1-2H3,(H2,22,23,25,29)/t14-,15+. The number of nitrogens with one attached hydrogen (secondary N) is 2. The van der Waals surface area contributed by atoms with Gasteiger partial charge in [-0.25, -0.2) is 4.79 Å². The number of urea groups is 1. The summed E-state index contributed by atoms with van der Waals surface area (Å²) in [5.41, 5.74) is 2.41. The Morgan fingerprint density at radius 3 is 2.30 bits per heavy atom. The van der Waals surface area contributed by atoms with E-state index in [4.69, 9.17) is 4.74 Å². The molecule has 2 aliphatic rings. The number of ether oxygens (including phenoxy) is 1. The van der Waals surface area contributed by atoms with Gasteiger partial charge in [-0.3, -0.25) is 29.4 Å². The summed E-state index contributed by atoms with van der Waals surface area (Å²) in [6, 6.07) is 4.65. The number of carbonyl (C=O) groups is 5. The number of rotatable bonds is 5. The van der Waals surface area contributed by atoms with Crippen molar-refractivity contribution in [3.63, 3.8) is 0 Å². The van der Waals surface area contributed by atoms with Crippen LogP contribution in [0.4, 0.5) is 10.5 Å². The summed E-state index contributed by atoms with van der Waals surface area (Å²) < 4.78 is 4.81. The van der Waals surface area contributed by atoms with E-state index in [1.54, 1.807) is 6.07 Å². The fourth-order valence-electron chi connectivity index (χ4n) is 3.62. The highest BCUT2D eigenvalue weighted by molar-refractivity contribution is 6.07. The number of hydrogen-bond donors (Lipinski definition) is 2. The van der Waals surface area contributed by atoms with Crippen LogP contribution in [0, 0.1) is 25.7 Å². The number of imide groups is 2. The smallest absolute Gasteiger partial charge is 0.326 e. The van der Waals surface area contributed by atoms with Crippen molar-refractivity contribution in [1.29, 1.82) is 0 Å². The van der Waals surface area contributed by atoms with Crippen molar-refractivity contribution in [2.75, 3.05) is 18.5 Å². The average molecular weight is 413 g/mol. The number of esters is 1. The number of hydrogen-bond acceptors (Lipinski definition) is 6. The van der Waals surface area contributed by atoms with E-state index in [0.29, 0.717) is 18.5 Å². The zero-order valence-corrected chi connectivity index (χ0v) is 16.8. The van der Waals surface area contributed by atoms with E-state index in [1.807, 2.05) is 38.1 Å². The normalized spacial score (nSPS) is 20.0. The SMILES string of the molecule is Cc1ccc(NC(=O)NC(=O)COC(=O)CN2C(=O)[C@H]3CC=CC[C@H]3C2=O)c(C)c1. The number of anilines is 1. The van der Waals surface area contributed by atoms with Crippen LogP contribution in [-0.2, 0) is 23.9 Å². The molecule has 0 unspecified atom stereocenters. The Hall–Kier alpha value is -3.49. The highest BCUT2D eigenvalue weighted by atomic mass is 16.5. The van der Waals surface area contributed by atoms with E-state index < -0.39 is 54.7 Å². The molecule has 0 saturated carbocycles. The van der Waals surface area contributed by atoms with Crippen LogP contribution in [0.5, 0.6) is 0 Å². The third-order valence-electron chi connectivity index (χ3n) is 5.13. The van der Waals surface area contributed by atoms with Gasteiger partial charge >= 0.3 is 12.0 Å². The molecule has 9 heteroatoms. The van der Waals surface area contributed by atoms with Gasteiger partial charge in [-0.05, 0) is 38.3 Å². The van der Waals surface area contributed by atoms with Crippen molar-refractivity contribution < 1.29 is 28.7 Å². The Bertz CT molecular complexity index is 913. The molecular formula is C21H23N3O6. The van der Waals surface area contributed by atoms with Gasteiger partial charge in [-0.2, -0.15) is 0 Å². The maximum Gasteiger partial charge on any atom is 0.326 e. The average Bonchev–Trinajstić information content (AvgIpc) is 2.94. The van der Waals surface area contributed by atoms with Gasteiger partial charge in [0.1, 0.15) is 6.54 Å². The third-order valence-corrected chi connectivity index (χ3v) is 5.13. The molecule has 1 aromatic rings. The molecule has 1 fully saturated rings. The summed E-state index contributed by atoms with van der Waals surface area (Å²) in [7, 11) is 0. The minimum absolute atomic E-state index is 0.399. The molecule has 0 spiro atoms. The van der Waals surface area contributed by atoms with Gasteiger partial charge in [0.15, 0.2) is 6.61 Å². The Labute approximate surface area is 173 Å². The van der Waals surface area contributed by atoms with E-state index >= 15 is 0 Å². The number of benzene rings is 1. The van der Waals surface area contributed by atoms with Gasteiger partial charge in [0.25, 0.3) is 5.91 Å². The molecule has 0 radical (unpaired) electrons. The van der Waals surface area contributed by atoms with Crippen molar-refractivity contribution >= 4 is 35.4 Å². The minimum atomic E-state index is -0.895. The first kappa shape index (κ1) is 21.2. The summed E-state index contributed by atoms with van der Waals surface area (Å²) in [6.07, 6.45) is 4.64. The molecular weight excluding hydrogens is 390 g/mol. The maximum atomic E-state index is 12.3. The zero-order valence-electron chi connectivity index (χ0n) is 16.8. The summed E-state index contributed by atoms with van der Waals surface area (Å²) in [5, 5.41) is 4.60. The van der Waals surface area contributed by atoms with Gasteiger partial charge < -0.3 is 10.1 Å². The number of carbonyl (C=O) groups excluding carboxylic acids is 5. The number of allylic oxidation sites excluding steroid dienone is 2. The molecule has 1 saturated heterocycles. The Balaban J connectivity index is 1.44. The van der Waals surface area contributed by atoms with Gasteiger partial charge in [-0.1, -0.05) is 29.8 Å². The number of aryl methyl sites for hydroxylation is 2. The van der Waals surface area contributed by atoms with Crippen molar-refractivity contribution in [2.45, 2.75) is 26.7 Å². The molecule has 3 rings (SSSR count). The van der Waals surface area contributed by atoms with Crippen molar-refractivity contribution in [1.82, 2.24) is 10.2 Å². The largest absolute Gasteiger partial charge is 0.454 e. The van der Waals surface area contributed by atoms with Crippen LogP contribution in [0.15, 0.2) is 30.4 Å². The highest BCUT2D eigenvalue weighted by Gasteiger charge is 2.47. The molecule has 30 heavy (non-hydrogen) atoms. The van der Waals surface area contributed by atoms with E-state index in [2.05, 4.69) is 10.6 Å². The van der Waals surface area contributed by atoms with Gasteiger partial charge in [-0.15, -0.1) is 0 Å². The fourth-order valence-corrected chi connectivity index (χ4v) is 3.62. The molecule has 0 aromatic heterocycles. The Morgan fingerprint density at radius 1 is 1.07 bits per heavy atom. The molecule has 2 N–H and O–H groups in total. The Morgan fingerprint density at radius 2 is 1.70 bits per heavy atom. The predicted molar refractivity (Wildman–Crippen MR) is 106 cm³/mol. The van der Waals surface area contributed by atoms with Crippen molar-refractivity contribution in [3.8, 4) is 0 Å². The highest BCUT2D eigenvalue weighted by Crippen LogP contribution is 2.34. The first-order valence-corrected chi connectivity index (χ1v) is 9.60. The van der Waals surface area contributed by atoms with E-state index in [0.717, 1.165) is 16.0 Å². The van der Waals surface area contributed by atoms with Gasteiger partial charge in [0.2, 0.25) is 11.8 Å². The van der Waals surface area contributed by atoms with Crippen LogP contribution >= 0.6 is 0 Å². The molecule has 1 aromatic carbocycles. The lowest BCUT2D eigenvalue weighted by molar-refractivity contribution is -0.154. The van der Waals surface area contributed by atoms with Crippen LogP contribution in [0.2, 0.25) is 0 Å². The second kappa shape index (κ2) is 8.89. The number of amides is 5. The minimum Gasteiger partial charge on any atom is -0.454 e. The first-order valence-electron chi connectivity index (χ1n) is 9.60. The van der Waals surface area contributed by atoms with Crippen LogP contribution in [0.3, 0.4) is 0 Å². The molecule has 1 aliphatic carbocycles. The second-order valence-corrected chi connectivity index (χ2v) is 7.40. The number of nitrogens with zero attached hydrogens (tertiary/aromatic N) is 1. The van der Waals surface area contributed by atoms with Crippen LogP contribution < -0.4 is 10.6 Å². The lowest BCUT2D eigenvalue weighted by atomic mass is 9.85. The lowest BCUT2D eigenvalue weighted by Crippen LogP contribution is -2.40. The first-order chi connectivity index (χ1) is 14.3. The quantitative estimate of drug-likeness (QED) is 0.428. The molecule has 1 aliphatic heterocycles. The van der Waals surface area contributed by atoms with Crippen LogP contribution in [0.1, 0.15) is 24.0 Å². The Kier molecular flexibility index (Phi) is 6.29. The van der Waals surface area contributed by atoms with Gasteiger partial charge in [0, 0.05) is 5.69 Å². The zero-order chi connectivity index (χ0) is 21.8. The van der Waals surface area contributed by atoms with E-state index in [1.165, 1.54) is 0 Å². The summed E-state index contributed by atoms with van der Waals surface area (Å²) in [4.78, 5) is 61.3. The third kappa shape index (κ3) is 4.73. The van der Waals surface area contributed by atoms with Crippen molar-refractivity contribution in [2.24, 2.45) is 11.8 Å². The van der Waals surface area contributed by atoms with E-state index in [9.17, 15) is 24.0 Å². The lowest BCUT2D eigenvalue weighted by Gasteiger charge is -2.14. The molecule has 158 valence electrons.